The lowest BCUT2D eigenvalue weighted by Gasteiger charge is -2.34. The number of hydrogen-bond donors (Lipinski definition) is 1. The number of likely N-dealkylation sites (N-methyl/N-ethyl adjacent to an activating group) is 1. The number of rotatable bonds is 12. The Bertz CT molecular complexity index is 1700. The molecule has 4 aromatic rings. The molecule has 1 N–H and O–H groups in total. The van der Waals surface area contributed by atoms with Gasteiger partial charge in [-0.05, 0) is 79.9 Å². The molecule has 0 saturated heterocycles. The number of sulfonamides is 1. The molecule has 0 saturated carbocycles. The minimum absolute atomic E-state index is 0.0408. The molecule has 0 heterocycles. The fraction of sp³-hybridized carbons (Fsp3) is 0.235. The molecule has 0 aliphatic carbocycles. The van der Waals surface area contributed by atoms with Gasteiger partial charge in [0.25, 0.3) is 10.0 Å². The van der Waals surface area contributed by atoms with Crippen molar-refractivity contribution in [3.8, 4) is 0 Å². The van der Waals surface area contributed by atoms with Crippen molar-refractivity contribution in [2.45, 2.75) is 44.7 Å². The zero-order valence-corrected chi connectivity index (χ0v) is 27.2. The summed E-state index contributed by atoms with van der Waals surface area (Å²) in [5.41, 5.74) is 3.38. The van der Waals surface area contributed by atoms with Gasteiger partial charge in [-0.25, -0.2) is 8.42 Å². The fourth-order valence-electron chi connectivity index (χ4n) is 4.88. The molecule has 0 radical (unpaired) electrons. The van der Waals surface area contributed by atoms with Crippen LogP contribution in [0.25, 0.3) is 0 Å². The third-order valence-electron chi connectivity index (χ3n) is 7.20. The smallest absolute Gasteiger partial charge is 0.264 e. The molecule has 230 valence electrons. The van der Waals surface area contributed by atoms with E-state index in [-0.39, 0.29) is 23.8 Å². The number of anilines is 1. The van der Waals surface area contributed by atoms with E-state index in [1.54, 1.807) is 61.5 Å². The van der Waals surface area contributed by atoms with Crippen molar-refractivity contribution in [3.05, 3.63) is 129 Å². The second kappa shape index (κ2) is 14.8. The highest BCUT2D eigenvalue weighted by Gasteiger charge is 2.35. The van der Waals surface area contributed by atoms with Gasteiger partial charge >= 0.3 is 0 Å². The SMILES string of the molecule is CCNC(=O)[C@@H](Cc1ccccc1)N(Cc1ccc(Cl)cc1)C(=O)CN(c1ccc(Cl)cc1C)S(=O)(=O)c1ccc(C)cc1. The number of nitrogens with zero attached hydrogens (tertiary/aromatic N) is 2. The summed E-state index contributed by atoms with van der Waals surface area (Å²) in [5, 5.41) is 3.83. The van der Waals surface area contributed by atoms with Crippen molar-refractivity contribution in [1.29, 1.82) is 0 Å². The third-order valence-corrected chi connectivity index (χ3v) is 9.46. The maximum Gasteiger partial charge on any atom is 0.264 e. The summed E-state index contributed by atoms with van der Waals surface area (Å²) >= 11 is 12.3. The predicted octanol–water partition coefficient (Wildman–Crippen LogP) is 6.58. The van der Waals surface area contributed by atoms with E-state index in [1.165, 1.54) is 17.0 Å². The molecule has 0 bridgehead atoms. The van der Waals surface area contributed by atoms with Crippen molar-refractivity contribution < 1.29 is 18.0 Å². The number of aryl methyl sites for hydroxylation is 2. The highest BCUT2D eigenvalue weighted by Crippen LogP contribution is 2.30. The zero-order valence-electron chi connectivity index (χ0n) is 24.8. The highest BCUT2D eigenvalue weighted by atomic mass is 35.5. The van der Waals surface area contributed by atoms with Gasteiger partial charge in [-0.3, -0.25) is 13.9 Å². The molecule has 0 aromatic heterocycles. The summed E-state index contributed by atoms with van der Waals surface area (Å²) in [4.78, 5) is 29.5. The topological polar surface area (TPSA) is 86.8 Å². The van der Waals surface area contributed by atoms with E-state index in [9.17, 15) is 18.0 Å². The molecule has 1 atom stereocenters. The summed E-state index contributed by atoms with van der Waals surface area (Å²) in [6, 6.07) is 26.7. The Morgan fingerprint density at radius 2 is 1.45 bits per heavy atom. The van der Waals surface area contributed by atoms with E-state index in [1.807, 2.05) is 44.2 Å². The number of benzene rings is 4. The van der Waals surface area contributed by atoms with Gasteiger partial charge in [0.05, 0.1) is 10.6 Å². The zero-order chi connectivity index (χ0) is 31.9. The Kier molecular flexibility index (Phi) is 11.1. The van der Waals surface area contributed by atoms with E-state index >= 15 is 0 Å². The third kappa shape index (κ3) is 8.20. The number of hydrogen-bond acceptors (Lipinski definition) is 4. The van der Waals surface area contributed by atoms with Crippen LogP contribution in [-0.2, 0) is 32.6 Å². The Hall–Kier alpha value is -3.85. The van der Waals surface area contributed by atoms with E-state index in [2.05, 4.69) is 5.32 Å². The summed E-state index contributed by atoms with van der Waals surface area (Å²) in [5.74, 6) is -0.883. The minimum atomic E-state index is -4.20. The normalized spacial score (nSPS) is 11.9. The molecule has 4 aromatic carbocycles. The number of carbonyl (C=O) groups is 2. The van der Waals surface area contributed by atoms with E-state index in [0.717, 1.165) is 21.0 Å². The van der Waals surface area contributed by atoms with Crippen LogP contribution in [-0.4, -0.2) is 44.3 Å². The Morgan fingerprint density at radius 1 is 0.818 bits per heavy atom. The molecule has 0 unspecified atom stereocenters. The lowest BCUT2D eigenvalue weighted by molar-refractivity contribution is -0.140. The van der Waals surface area contributed by atoms with Gasteiger partial charge in [0.2, 0.25) is 11.8 Å². The Morgan fingerprint density at radius 3 is 2.07 bits per heavy atom. The minimum Gasteiger partial charge on any atom is -0.355 e. The lowest BCUT2D eigenvalue weighted by Crippen LogP contribution is -2.53. The van der Waals surface area contributed by atoms with Crippen molar-refractivity contribution in [2.24, 2.45) is 0 Å². The van der Waals surface area contributed by atoms with Crippen molar-refractivity contribution in [2.75, 3.05) is 17.4 Å². The van der Waals surface area contributed by atoms with Crippen LogP contribution in [0.1, 0.15) is 29.2 Å². The molecule has 10 heteroatoms. The highest BCUT2D eigenvalue weighted by molar-refractivity contribution is 7.92. The van der Waals surface area contributed by atoms with Crippen LogP contribution in [0.4, 0.5) is 5.69 Å². The number of carbonyl (C=O) groups excluding carboxylic acids is 2. The molecule has 0 aliphatic heterocycles. The summed E-state index contributed by atoms with van der Waals surface area (Å²) < 4.78 is 29.4. The van der Waals surface area contributed by atoms with Crippen molar-refractivity contribution >= 4 is 50.7 Å². The molecule has 7 nitrogen and oxygen atoms in total. The maximum atomic E-state index is 14.4. The van der Waals surface area contributed by atoms with Gasteiger partial charge in [0, 0.05) is 29.6 Å². The van der Waals surface area contributed by atoms with Crippen LogP contribution in [0, 0.1) is 13.8 Å². The Labute approximate surface area is 269 Å². The van der Waals surface area contributed by atoms with Crippen LogP contribution in [0.5, 0.6) is 0 Å². The average molecular weight is 653 g/mol. The van der Waals surface area contributed by atoms with E-state index < -0.39 is 28.5 Å². The second-order valence-electron chi connectivity index (χ2n) is 10.5. The van der Waals surface area contributed by atoms with Crippen molar-refractivity contribution in [3.63, 3.8) is 0 Å². The average Bonchev–Trinajstić information content (AvgIpc) is 2.99. The fourth-order valence-corrected chi connectivity index (χ4v) is 6.71. The van der Waals surface area contributed by atoms with Crippen LogP contribution in [0.3, 0.4) is 0 Å². The second-order valence-corrected chi connectivity index (χ2v) is 13.2. The number of nitrogens with one attached hydrogen (secondary N) is 1. The van der Waals surface area contributed by atoms with Crippen LogP contribution < -0.4 is 9.62 Å². The van der Waals surface area contributed by atoms with Crippen LogP contribution >= 0.6 is 23.2 Å². The first-order valence-corrected chi connectivity index (χ1v) is 16.4. The Balaban J connectivity index is 1.81. The van der Waals surface area contributed by atoms with Gasteiger partial charge in [-0.2, -0.15) is 0 Å². The number of halogens is 2. The standard InChI is InChI=1S/C34H35Cl2N3O4S/c1-4-37-34(41)32(21-26-8-6-5-7-9-26)38(22-27-12-14-28(35)15-13-27)33(40)23-39(31-19-16-29(36)20-25(31)3)44(42,43)30-17-10-24(2)11-18-30/h5-20,32H,4,21-23H2,1-3H3,(H,37,41)/t32-/m1/s1. The lowest BCUT2D eigenvalue weighted by atomic mass is 10.0. The van der Waals surface area contributed by atoms with Gasteiger partial charge in [-0.15, -0.1) is 0 Å². The van der Waals surface area contributed by atoms with E-state index in [4.69, 9.17) is 23.2 Å². The summed E-state index contributed by atoms with van der Waals surface area (Å²) in [7, 11) is -4.20. The molecule has 0 aliphatic rings. The first kappa shape index (κ1) is 33.1. The van der Waals surface area contributed by atoms with Gasteiger partial charge in [0.15, 0.2) is 0 Å². The van der Waals surface area contributed by atoms with Crippen molar-refractivity contribution in [1.82, 2.24) is 10.2 Å². The van der Waals surface area contributed by atoms with Gasteiger partial charge in [-0.1, -0.05) is 83.4 Å². The summed E-state index contributed by atoms with van der Waals surface area (Å²) in [6.45, 7) is 5.29. The molecule has 4 rings (SSSR count). The number of amides is 2. The molecular weight excluding hydrogens is 617 g/mol. The van der Waals surface area contributed by atoms with Crippen LogP contribution in [0.15, 0.2) is 102 Å². The quantitative estimate of drug-likeness (QED) is 0.187. The molecular formula is C34H35Cl2N3O4S. The monoisotopic (exact) mass is 651 g/mol. The molecule has 2 amide bonds. The molecule has 0 spiro atoms. The van der Waals surface area contributed by atoms with Crippen LogP contribution in [0.2, 0.25) is 10.0 Å². The summed E-state index contributed by atoms with van der Waals surface area (Å²) in [6.07, 6.45) is 0.233. The molecule has 0 fully saturated rings. The first-order chi connectivity index (χ1) is 21.0. The maximum absolute atomic E-state index is 14.4. The molecule has 44 heavy (non-hydrogen) atoms. The predicted molar refractivity (Wildman–Crippen MR) is 177 cm³/mol. The van der Waals surface area contributed by atoms with Gasteiger partial charge < -0.3 is 10.2 Å². The van der Waals surface area contributed by atoms with Gasteiger partial charge in [0.1, 0.15) is 12.6 Å². The largest absolute Gasteiger partial charge is 0.355 e. The van der Waals surface area contributed by atoms with E-state index in [0.29, 0.717) is 27.8 Å². The first-order valence-electron chi connectivity index (χ1n) is 14.2.